The Bertz CT molecular complexity index is 402. The zero-order valence-electron chi connectivity index (χ0n) is 10.3. The molecular formula is C7H16O11P2. The highest BCUT2D eigenvalue weighted by molar-refractivity contribution is 7.46. The molecule has 1 fully saturated rings. The van der Waals surface area contributed by atoms with Crippen LogP contribution in [0.5, 0.6) is 0 Å². The lowest BCUT2D eigenvalue weighted by Gasteiger charge is -2.39. The second-order valence-electron chi connectivity index (χ2n) is 3.95. The molecule has 0 amide bonds. The number of aliphatic hydroxyl groups excluding tert-OH is 1. The van der Waals surface area contributed by atoms with Gasteiger partial charge in [0, 0.05) is 13.5 Å². The molecule has 0 aromatic carbocycles. The first kappa shape index (κ1) is 18.1. The fraction of sp³-hybridized carbons (Fsp3) is 1.00. The molecule has 0 spiro atoms. The van der Waals surface area contributed by atoms with E-state index in [0.717, 1.165) is 0 Å². The van der Waals surface area contributed by atoms with Crippen LogP contribution in [0.3, 0.4) is 0 Å². The summed E-state index contributed by atoms with van der Waals surface area (Å²) >= 11 is 0. The molecule has 0 aliphatic carbocycles. The van der Waals surface area contributed by atoms with Crippen molar-refractivity contribution in [3.63, 3.8) is 0 Å². The standard InChI is InChI=1S/C7H16O11P2/c1-15-6-2-4(17-19(9,10)11)7(5(3-8)16-6)18-20(12,13)14/h4-8H,2-3H2,1H3,(H2,9,10,11)(H2,12,13,14)/t4?,5?,6-,7-/m0/s1. The van der Waals surface area contributed by atoms with Crippen molar-refractivity contribution in [1.29, 1.82) is 0 Å². The van der Waals surface area contributed by atoms with Gasteiger partial charge in [-0.25, -0.2) is 9.13 Å². The molecule has 2 unspecified atom stereocenters. The number of methoxy groups -OCH3 is 1. The van der Waals surface area contributed by atoms with Crippen LogP contribution in [0.15, 0.2) is 0 Å². The molecule has 4 atom stereocenters. The molecule has 5 N–H and O–H groups in total. The summed E-state index contributed by atoms with van der Waals surface area (Å²) in [4.78, 5) is 35.2. The fourth-order valence-electron chi connectivity index (χ4n) is 1.76. The van der Waals surface area contributed by atoms with Gasteiger partial charge >= 0.3 is 15.6 Å². The molecule has 11 nitrogen and oxygen atoms in total. The Labute approximate surface area is 113 Å². The third-order valence-corrected chi connectivity index (χ3v) is 3.52. The number of hydrogen-bond donors (Lipinski definition) is 5. The average Bonchev–Trinajstić information content (AvgIpc) is 2.27. The first-order valence-electron chi connectivity index (χ1n) is 5.32. The van der Waals surface area contributed by atoms with Gasteiger partial charge in [-0.3, -0.25) is 9.05 Å². The van der Waals surface area contributed by atoms with Gasteiger partial charge in [-0.2, -0.15) is 0 Å². The van der Waals surface area contributed by atoms with Crippen molar-refractivity contribution in [1.82, 2.24) is 0 Å². The summed E-state index contributed by atoms with van der Waals surface area (Å²) in [5.74, 6) is 0. The number of hydrogen-bond acceptors (Lipinski definition) is 7. The zero-order chi connectivity index (χ0) is 15.6. The van der Waals surface area contributed by atoms with Gasteiger partial charge < -0.3 is 34.2 Å². The van der Waals surface area contributed by atoms with Crippen molar-refractivity contribution in [3.8, 4) is 0 Å². The highest BCUT2D eigenvalue weighted by Crippen LogP contribution is 2.46. The van der Waals surface area contributed by atoms with Crippen molar-refractivity contribution < 1.29 is 52.3 Å². The third-order valence-electron chi connectivity index (χ3n) is 2.46. The highest BCUT2D eigenvalue weighted by Gasteiger charge is 2.45. The summed E-state index contributed by atoms with van der Waals surface area (Å²) in [6.07, 6.45) is -5.50. The van der Waals surface area contributed by atoms with Crippen molar-refractivity contribution in [2.24, 2.45) is 0 Å². The summed E-state index contributed by atoms with van der Waals surface area (Å²) in [6.45, 7) is -0.717. The van der Waals surface area contributed by atoms with Crippen molar-refractivity contribution >= 4 is 15.6 Å². The van der Waals surface area contributed by atoms with Crippen LogP contribution >= 0.6 is 15.6 Å². The normalized spacial score (nSPS) is 32.3. The topological polar surface area (TPSA) is 172 Å². The second-order valence-corrected chi connectivity index (χ2v) is 6.34. The number of ether oxygens (including phenoxy) is 2. The largest absolute Gasteiger partial charge is 0.470 e. The molecule has 20 heavy (non-hydrogen) atoms. The van der Waals surface area contributed by atoms with Gasteiger partial charge in [-0.1, -0.05) is 0 Å². The molecule has 0 bridgehead atoms. The summed E-state index contributed by atoms with van der Waals surface area (Å²) in [5.41, 5.74) is 0. The molecule has 0 aromatic rings. The van der Waals surface area contributed by atoms with E-state index >= 15 is 0 Å². The molecule has 0 radical (unpaired) electrons. The molecule has 13 heteroatoms. The molecular weight excluding hydrogens is 322 g/mol. The Hall–Kier alpha value is 0.1000. The van der Waals surface area contributed by atoms with E-state index in [1.54, 1.807) is 0 Å². The Balaban J connectivity index is 2.96. The van der Waals surface area contributed by atoms with Gasteiger partial charge in [0.05, 0.1) is 6.61 Å². The predicted octanol–water partition coefficient (Wildman–Crippen LogP) is -1.30. The van der Waals surface area contributed by atoms with Crippen molar-refractivity contribution in [2.75, 3.05) is 13.7 Å². The molecule has 120 valence electrons. The van der Waals surface area contributed by atoms with Crippen LogP contribution < -0.4 is 0 Å². The second kappa shape index (κ2) is 6.91. The SMILES string of the molecule is CO[C@@H]1CC(OP(=O)(O)O)[C@H](OP(=O)(O)O)C(CO)O1. The van der Waals surface area contributed by atoms with E-state index < -0.39 is 46.9 Å². The predicted molar refractivity (Wildman–Crippen MR) is 61.2 cm³/mol. The summed E-state index contributed by atoms with van der Waals surface area (Å²) in [6, 6.07) is 0. The maximum atomic E-state index is 10.9. The minimum absolute atomic E-state index is 0.247. The van der Waals surface area contributed by atoms with Gasteiger partial charge in [0.25, 0.3) is 0 Å². The lowest BCUT2D eigenvalue weighted by Crippen LogP contribution is -2.52. The van der Waals surface area contributed by atoms with Crippen molar-refractivity contribution in [3.05, 3.63) is 0 Å². The highest BCUT2D eigenvalue weighted by atomic mass is 31.2. The fourth-order valence-corrected chi connectivity index (χ4v) is 2.91. The third kappa shape index (κ3) is 5.84. The lowest BCUT2D eigenvalue weighted by atomic mass is 10.0. The molecule has 1 rings (SSSR count). The Morgan fingerprint density at radius 2 is 1.70 bits per heavy atom. The molecule has 1 aliphatic heterocycles. The van der Waals surface area contributed by atoms with E-state index in [1.807, 2.05) is 0 Å². The number of phosphoric ester groups is 2. The number of rotatable bonds is 6. The molecule has 0 saturated carbocycles. The average molecular weight is 338 g/mol. The van der Waals surface area contributed by atoms with Crippen molar-refractivity contribution in [2.45, 2.75) is 31.0 Å². The number of aliphatic hydroxyl groups is 1. The van der Waals surface area contributed by atoms with Crippen LogP contribution in [0.25, 0.3) is 0 Å². The summed E-state index contributed by atoms with van der Waals surface area (Å²) < 4.78 is 40.5. The minimum atomic E-state index is -4.98. The minimum Gasteiger partial charge on any atom is -0.394 e. The maximum absolute atomic E-state index is 10.9. The van der Waals surface area contributed by atoms with E-state index in [0.29, 0.717) is 0 Å². The molecule has 1 heterocycles. The smallest absolute Gasteiger partial charge is 0.394 e. The first-order valence-corrected chi connectivity index (χ1v) is 8.39. The summed E-state index contributed by atoms with van der Waals surface area (Å²) in [7, 11) is -8.67. The first-order chi connectivity index (χ1) is 9.05. The molecule has 0 aromatic heterocycles. The van der Waals surface area contributed by atoms with Crippen LogP contribution in [-0.4, -0.2) is 63.0 Å². The van der Waals surface area contributed by atoms with E-state index in [4.69, 9.17) is 34.2 Å². The van der Waals surface area contributed by atoms with Crippen LogP contribution in [0.2, 0.25) is 0 Å². The van der Waals surface area contributed by atoms with E-state index in [2.05, 4.69) is 9.05 Å². The van der Waals surface area contributed by atoms with Gasteiger partial charge in [0.2, 0.25) is 0 Å². The van der Waals surface area contributed by atoms with Gasteiger partial charge in [-0.15, -0.1) is 0 Å². The Morgan fingerprint density at radius 1 is 1.15 bits per heavy atom. The van der Waals surface area contributed by atoms with Gasteiger partial charge in [0.1, 0.15) is 18.3 Å². The van der Waals surface area contributed by atoms with Crippen LogP contribution in [0.4, 0.5) is 0 Å². The van der Waals surface area contributed by atoms with Crippen LogP contribution in [0.1, 0.15) is 6.42 Å². The lowest BCUT2D eigenvalue weighted by molar-refractivity contribution is -0.243. The monoisotopic (exact) mass is 338 g/mol. The molecule has 1 saturated heterocycles. The van der Waals surface area contributed by atoms with Crippen LogP contribution in [-0.2, 0) is 27.7 Å². The maximum Gasteiger partial charge on any atom is 0.470 e. The number of phosphoric acid groups is 2. The zero-order valence-corrected chi connectivity index (χ0v) is 12.1. The van der Waals surface area contributed by atoms with Crippen LogP contribution in [0, 0.1) is 0 Å². The van der Waals surface area contributed by atoms with Gasteiger partial charge in [-0.05, 0) is 0 Å². The quantitative estimate of drug-likeness (QED) is 0.364. The summed E-state index contributed by atoms with van der Waals surface area (Å²) in [5, 5.41) is 9.12. The van der Waals surface area contributed by atoms with Gasteiger partial charge in [0.15, 0.2) is 6.29 Å². The Kier molecular flexibility index (Phi) is 6.27. The van der Waals surface area contributed by atoms with E-state index in [1.165, 1.54) is 7.11 Å². The Morgan fingerprint density at radius 3 is 2.10 bits per heavy atom. The van der Waals surface area contributed by atoms with E-state index in [-0.39, 0.29) is 6.42 Å². The molecule has 1 aliphatic rings. The van der Waals surface area contributed by atoms with E-state index in [9.17, 15) is 9.13 Å².